The van der Waals surface area contributed by atoms with Crippen molar-refractivity contribution in [2.45, 2.75) is 13.5 Å². The second kappa shape index (κ2) is 6.31. The summed E-state index contributed by atoms with van der Waals surface area (Å²) >= 11 is 0. The molecular weight excluding hydrogens is 294 g/mol. The van der Waals surface area contributed by atoms with Gasteiger partial charge in [0.1, 0.15) is 12.4 Å². The van der Waals surface area contributed by atoms with E-state index in [-0.39, 0.29) is 0 Å². The number of rotatable bonds is 5. The summed E-state index contributed by atoms with van der Waals surface area (Å²) in [5.41, 5.74) is 7.46. The second-order valence-corrected chi connectivity index (χ2v) is 5.01. The molecule has 0 aliphatic heterocycles. The normalized spacial score (nSPS) is 10.5. The first-order chi connectivity index (χ1) is 11.1. The third kappa shape index (κ3) is 3.55. The zero-order valence-corrected chi connectivity index (χ0v) is 12.5. The molecule has 1 aromatic heterocycles. The molecule has 0 saturated heterocycles. The smallest absolute Gasteiger partial charge is 0.248 e. The van der Waals surface area contributed by atoms with E-state index in [4.69, 9.17) is 15.0 Å². The van der Waals surface area contributed by atoms with Crippen LogP contribution in [0.25, 0.3) is 11.4 Å². The van der Waals surface area contributed by atoms with Crippen molar-refractivity contribution in [1.82, 2.24) is 10.1 Å². The predicted molar refractivity (Wildman–Crippen MR) is 83.8 cm³/mol. The highest BCUT2D eigenvalue weighted by molar-refractivity contribution is 5.92. The van der Waals surface area contributed by atoms with Gasteiger partial charge in [-0.1, -0.05) is 17.3 Å². The number of nitrogens with two attached hydrogens (primary N) is 1. The van der Waals surface area contributed by atoms with E-state index in [0.717, 1.165) is 11.1 Å². The highest BCUT2D eigenvalue weighted by Gasteiger charge is 2.06. The molecule has 0 atom stereocenters. The van der Waals surface area contributed by atoms with Crippen LogP contribution < -0.4 is 10.5 Å². The van der Waals surface area contributed by atoms with Crippen LogP contribution in [0.5, 0.6) is 5.75 Å². The maximum absolute atomic E-state index is 11.2. The maximum atomic E-state index is 11.2. The van der Waals surface area contributed by atoms with E-state index in [2.05, 4.69) is 10.1 Å². The monoisotopic (exact) mass is 309 g/mol. The Morgan fingerprint density at radius 3 is 2.65 bits per heavy atom. The lowest BCUT2D eigenvalue weighted by atomic mass is 10.1. The fraction of sp³-hybridized carbons (Fsp3) is 0.118. The van der Waals surface area contributed by atoms with Gasteiger partial charge in [-0.2, -0.15) is 4.98 Å². The first-order valence-electron chi connectivity index (χ1n) is 7.04. The van der Waals surface area contributed by atoms with Crippen molar-refractivity contribution in [3.8, 4) is 17.1 Å². The number of hydrogen-bond donors (Lipinski definition) is 1. The zero-order valence-electron chi connectivity index (χ0n) is 12.5. The molecule has 0 fully saturated rings. The predicted octanol–water partition coefficient (Wildman–Crippen LogP) is 2.72. The van der Waals surface area contributed by atoms with Crippen LogP contribution in [0, 0.1) is 6.92 Å². The topological polar surface area (TPSA) is 91.2 Å². The number of hydrogen-bond acceptors (Lipinski definition) is 5. The van der Waals surface area contributed by atoms with Gasteiger partial charge in [-0.3, -0.25) is 4.79 Å². The molecule has 3 rings (SSSR count). The second-order valence-electron chi connectivity index (χ2n) is 5.01. The molecule has 0 radical (unpaired) electrons. The lowest BCUT2D eigenvalue weighted by molar-refractivity contribution is 0.1000. The minimum absolute atomic E-state index is 0.349. The zero-order chi connectivity index (χ0) is 16.2. The molecule has 0 unspecified atom stereocenters. The largest absolute Gasteiger partial charge is 0.489 e. The molecule has 0 aliphatic carbocycles. The molecule has 3 aromatic rings. The highest BCUT2D eigenvalue weighted by Crippen LogP contribution is 2.20. The number of amides is 1. The van der Waals surface area contributed by atoms with Gasteiger partial charge in [0.25, 0.3) is 0 Å². The van der Waals surface area contributed by atoms with E-state index >= 15 is 0 Å². The van der Waals surface area contributed by atoms with Crippen LogP contribution in [0.2, 0.25) is 0 Å². The Kier molecular flexibility index (Phi) is 4.05. The Morgan fingerprint density at radius 1 is 1.22 bits per heavy atom. The van der Waals surface area contributed by atoms with Crippen molar-refractivity contribution in [1.29, 1.82) is 0 Å². The maximum Gasteiger partial charge on any atom is 0.248 e. The van der Waals surface area contributed by atoms with Gasteiger partial charge in [0.15, 0.2) is 0 Å². The molecule has 23 heavy (non-hydrogen) atoms. The van der Waals surface area contributed by atoms with Gasteiger partial charge in [0.2, 0.25) is 17.6 Å². The van der Waals surface area contributed by atoms with Crippen LogP contribution in [0.15, 0.2) is 53.1 Å². The van der Waals surface area contributed by atoms with Gasteiger partial charge in [-0.05, 0) is 42.0 Å². The summed E-state index contributed by atoms with van der Waals surface area (Å²) < 4.78 is 10.7. The van der Waals surface area contributed by atoms with Crippen LogP contribution in [0.3, 0.4) is 0 Å². The van der Waals surface area contributed by atoms with Gasteiger partial charge < -0.3 is 15.0 Å². The molecule has 0 saturated carbocycles. The van der Waals surface area contributed by atoms with E-state index in [1.54, 1.807) is 25.1 Å². The Morgan fingerprint density at radius 2 is 2.00 bits per heavy atom. The number of ether oxygens (including phenoxy) is 1. The summed E-state index contributed by atoms with van der Waals surface area (Å²) in [5, 5.41) is 3.86. The molecule has 6 heteroatoms. The summed E-state index contributed by atoms with van der Waals surface area (Å²) in [5.74, 6) is 1.32. The number of carbonyl (C=O) groups excluding carboxylic acids is 1. The average molecular weight is 309 g/mol. The SMILES string of the molecule is Cc1nc(-c2ccc(OCc3cccc(C(N)=O)c3)cc2)no1. The molecule has 1 heterocycles. The molecular formula is C17H15N3O3. The Labute approximate surface area is 132 Å². The van der Waals surface area contributed by atoms with Gasteiger partial charge in [0, 0.05) is 18.1 Å². The summed E-state index contributed by atoms with van der Waals surface area (Å²) in [7, 11) is 0. The Bertz CT molecular complexity index is 825. The number of aryl methyl sites for hydroxylation is 1. The summed E-state index contributed by atoms with van der Waals surface area (Å²) in [4.78, 5) is 15.3. The van der Waals surface area contributed by atoms with Gasteiger partial charge in [0.05, 0.1) is 0 Å². The van der Waals surface area contributed by atoms with Crippen molar-refractivity contribution < 1.29 is 14.1 Å². The number of aromatic nitrogens is 2. The first-order valence-corrected chi connectivity index (χ1v) is 7.04. The molecule has 116 valence electrons. The van der Waals surface area contributed by atoms with Crippen molar-refractivity contribution in [2.75, 3.05) is 0 Å². The lowest BCUT2D eigenvalue weighted by Gasteiger charge is -2.07. The molecule has 6 nitrogen and oxygen atoms in total. The van der Waals surface area contributed by atoms with Crippen molar-refractivity contribution in [2.24, 2.45) is 5.73 Å². The third-order valence-corrected chi connectivity index (χ3v) is 3.26. The summed E-state index contributed by atoms with van der Waals surface area (Å²) in [6, 6.07) is 14.4. The summed E-state index contributed by atoms with van der Waals surface area (Å²) in [6.45, 7) is 2.09. The number of carbonyl (C=O) groups is 1. The average Bonchev–Trinajstić information content (AvgIpc) is 3.00. The van der Waals surface area contributed by atoms with Crippen LogP contribution in [-0.4, -0.2) is 16.0 Å². The van der Waals surface area contributed by atoms with Crippen molar-refractivity contribution >= 4 is 5.91 Å². The quantitative estimate of drug-likeness (QED) is 0.782. The van der Waals surface area contributed by atoms with Gasteiger partial charge in [-0.25, -0.2) is 0 Å². The van der Waals surface area contributed by atoms with Crippen molar-refractivity contribution in [3.05, 3.63) is 65.5 Å². The Balaban J connectivity index is 1.67. The van der Waals surface area contributed by atoms with Crippen LogP contribution in [0.4, 0.5) is 0 Å². The minimum Gasteiger partial charge on any atom is -0.489 e. The minimum atomic E-state index is -0.452. The van der Waals surface area contributed by atoms with E-state index in [0.29, 0.717) is 29.6 Å². The standard InChI is InChI=1S/C17H15N3O3/c1-11-19-17(20-23-11)13-5-7-15(8-6-13)22-10-12-3-2-4-14(9-12)16(18)21/h2-9H,10H2,1H3,(H2,18,21). The van der Waals surface area contributed by atoms with E-state index in [1.807, 2.05) is 30.3 Å². The molecule has 1 amide bonds. The molecule has 0 aliphatic rings. The Hall–Kier alpha value is -3.15. The van der Waals surface area contributed by atoms with E-state index in [1.165, 1.54) is 0 Å². The van der Waals surface area contributed by atoms with E-state index in [9.17, 15) is 4.79 Å². The van der Waals surface area contributed by atoms with Crippen LogP contribution >= 0.6 is 0 Å². The third-order valence-electron chi connectivity index (χ3n) is 3.26. The molecule has 0 spiro atoms. The summed E-state index contributed by atoms with van der Waals surface area (Å²) in [6.07, 6.45) is 0. The number of primary amides is 1. The van der Waals surface area contributed by atoms with Crippen LogP contribution in [0.1, 0.15) is 21.8 Å². The molecule has 2 aromatic carbocycles. The van der Waals surface area contributed by atoms with E-state index < -0.39 is 5.91 Å². The van der Waals surface area contributed by atoms with Crippen LogP contribution in [-0.2, 0) is 6.61 Å². The number of benzene rings is 2. The first kappa shape index (κ1) is 14.8. The van der Waals surface area contributed by atoms with Gasteiger partial charge in [-0.15, -0.1) is 0 Å². The molecule has 2 N–H and O–H groups in total. The fourth-order valence-corrected chi connectivity index (χ4v) is 2.10. The molecule has 0 bridgehead atoms. The van der Waals surface area contributed by atoms with Gasteiger partial charge >= 0.3 is 0 Å². The highest BCUT2D eigenvalue weighted by atomic mass is 16.5. The van der Waals surface area contributed by atoms with Crippen molar-refractivity contribution in [3.63, 3.8) is 0 Å². The number of nitrogens with zero attached hydrogens (tertiary/aromatic N) is 2. The lowest BCUT2D eigenvalue weighted by Crippen LogP contribution is -2.11. The fourth-order valence-electron chi connectivity index (χ4n) is 2.10.